The number of hydrogen-bond acceptors (Lipinski definition) is 5. The van der Waals surface area contributed by atoms with Crippen molar-refractivity contribution in [2.75, 3.05) is 17.2 Å². The normalized spacial score (nSPS) is 19.2. The Morgan fingerprint density at radius 1 is 1.29 bits per heavy atom. The number of alkyl halides is 3. The van der Waals surface area contributed by atoms with Gasteiger partial charge in [-0.3, -0.25) is 4.79 Å². The summed E-state index contributed by atoms with van der Waals surface area (Å²) in [5.74, 6) is -0.466. The zero-order chi connectivity index (χ0) is 22.6. The van der Waals surface area contributed by atoms with Crippen molar-refractivity contribution in [3.05, 3.63) is 42.2 Å². The standard InChI is InChI=1S/C21H22F3N5O2/c1-4-13-10-31-20(2,3)19(30)28(13)14-7-5-6-12(8-14)16-9-15(21(22,23)24)17-18(25)26-11-27-29(16)17/h5-9,11,13H,4,10H2,1-3H3,(H2,25,26,27)/t13-/m1/s1. The van der Waals surface area contributed by atoms with Gasteiger partial charge in [-0.25, -0.2) is 9.50 Å². The Hall–Kier alpha value is -3.14. The Morgan fingerprint density at radius 2 is 2.03 bits per heavy atom. The van der Waals surface area contributed by atoms with Gasteiger partial charge in [-0.05, 0) is 38.5 Å². The summed E-state index contributed by atoms with van der Waals surface area (Å²) < 4.78 is 47.8. The summed E-state index contributed by atoms with van der Waals surface area (Å²) in [7, 11) is 0. The molecule has 3 aromatic rings. The van der Waals surface area contributed by atoms with Gasteiger partial charge in [-0.15, -0.1) is 0 Å². The number of hydrogen-bond donors (Lipinski definition) is 1. The van der Waals surface area contributed by atoms with E-state index < -0.39 is 17.3 Å². The van der Waals surface area contributed by atoms with Gasteiger partial charge in [0.25, 0.3) is 5.91 Å². The average molecular weight is 433 g/mol. The van der Waals surface area contributed by atoms with Crippen LogP contribution in [0, 0.1) is 0 Å². The fourth-order valence-electron chi connectivity index (χ4n) is 3.83. The van der Waals surface area contributed by atoms with Crippen LogP contribution in [-0.2, 0) is 15.7 Å². The van der Waals surface area contributed by atoms with E-state index in [0.717, 1.165) is 16.9 Å². The van der Waals surface area contributed by atoms with E-state index in [1.54, 1.807) is 43.0 Å². The summed E-state index contributed by atoms with van der Waals surface area (Å²) in [6, 6.07) is 7.63. The number of ether oxygens (including phenoxy) is 1. The zero-order valence-corrected chi connectivity index (χ0v) is 17.3. The molecule has 0 aliphatic carbocycles. The van der Waals surface area contributed by atoms with Crippen LogP contribution in [0.15, 0.2) is 36.7 Å². The van der Waals surface area contributed by atoms with Gasteiger partial charge in [-0.2, -0.15) is 18.3 Å². The van der Waals surface area contributed by atoms with Crippen LogP contribution in [0.4, 0.5) is 24.7 Å². The molecule has 3 heterocycles. The van der Waals surface area contributed by atoms with E-state index in [1.165, 1.54) is 0 Å². The van der Waals surface area contributed by atoms with Crippen molar-refractivity contribution in [2.24, 2.45) is 0 Å². The smallest absolute Gasteiger partial charge is 0.382 e. The van der Waals surface area contributed by atoms with Crippen molar-refractivity contribution in [2.45, 2.75) is 45.0 Å². The van der Waals surface area contributed by atoms with Gasteiger partial charge in [-0.1, -0.05) is 19.1 Å². The largest absolute Gasteiger partial charge is 0.418 e. The van der Waals surface area contributed by atoms with Gasteiger partial charge >= 0.3 is 6.18 Å². The van der Waals surface area contributed by atoms with E-state index in [9.17, 15) is 18.0 Å². The lowest BCUT2D eigenvalue weighted by atomic mass is 10.00. The molecule has 10 heteroatoms. The number of rotatable bonds is 3. The Bertz CT molecular complexity index is 1160. The van der Waals surface area contributed by atoms with Gasteiger partial charge in [0.05, 0.1) is 23.9 Å². The molecular weight excluding hydrogens is 411 g/mol. The number of amides is 1. The number of carbonyl (C=O) groups excluding carboxylic acids is 1. The average Bonchev–Trinajstić information content (AvgIpc) is 3.12. The van der Waals surface area contributed by atoms with Crippen molar-refractivity contribution >= 4 is 22.9 Å². The predicted octanol–water partition coefficient (Wildman–Crippen LogP) is 3.92. The van der Waals surface area contributed by atoms with Crippen molar-refractivity contribution in [3.63, 3.8) is 0 Å². The number of anilines is 2. The first kappa shape index (κ1) is 21.1. The van der Waals surface area contributed by atoms with Gasteiger partial charge in [0.1, 0.15) is 17.4 Å². The number of fused-ring (bicyclic) bond motifs is 1. The molecule has 2 N–H and O–H groups in total. The maximum absolute atomic E-state index is 13.6. The van der Waals surface area contributed by atoms with Crippen LogP contribution >= 0.6 is 0 Å². The van der Waals surface area contributed by atoms with E-state index in [1.807, 2.05) is 6.92 Å². The fraction of sp³-hybridized carbons (Fsp3) is 0.381. The molecular formula is C21H22F3N5O2. The molecule has 0 unspecified atom stereocenters. The summed E-state index contributed by atoms with van der Waals surface area (Å²) >= 11 is 0. The van der Waals surface area contributed by atoms with Gasteiger partial charge < -0.3 is 15.4 Å². The lowest BCUT2D eigenvalue weighted by molar-refractivity contribution is -0.148. The van der Waals surface area contributed by atoms with E-state index in [4.69, 9.17) is 10.5 Å². The predicted molar refractivity (Wildman–Crippen MR) is 109 cm³/mol. The third kappa shape index (κ3) is 3.50. The van der Waals surface area contributed by atoms with Gasteiger partial charge in [0.2, 0.25) is 0 Å². The van der Waals surface area contributed by atoms with Crippen molar-refractivity contribution in [1.82, 2.24) is 14.6 Å². The molecule has 1 atom stereocenters. The molecule has 0 saturated carbocycles. The first-order valence-electron chi connectivity index (χ1n) is 9.82. The Labute approximate surface area is 176 Å². The van der Waals surface area contributed by atoms with Crippen LogP contribution in [0.25, 0.3) is 16.8 Å². The van der Waals surface area contributed by atoms with Crippen LogP contribution in [0.1, 0.15) is 32.8 Å². The van der Waals surface area contributed by atoms with Gasteiger partial charge in [0.15, 0.2) is 5.82 Å². The summed E-state index contributed by atoms with van der Waals surface area (Å²) in [5, 5.41) is 3.99. The quantitative estimate of drug-likeness (QED) is 0.677. The Balaban J connectivity index is 1.87. The van der Waals surface area contributed by atoms with E-state index >= 15 is 0 Å². The van der Waals surface area contributed by atoms with Gasteiger partial charge in [0, 0.05) is 11.3 Å². The Morgan fingerprint density at radius 3 is 2.71 bits per heavy atom. The van der Waals surface area contributed by atoms with Crippen LogP contribution in [0.5, 0.6) is 0 Å². The molecule has 0 radical (unpaired) electrons. The first-order chi connectivity index (χ1) is 14.5. The third-order valence-electron chi connectivity index (χ3n) is 5.52. The number of carbonyl (C=O) groups is 1. The number of nitrogen functional groups attached to an aromatic ring is 1. The van der Waals surface area contributed by atoms with Crippen molar-refractivity contribution in [3.8, 4) is 11.3 Å². The molecule has 31 heavy (non-hydrogen) atoms. The number of benzene rings is 1. The highest BCUT2D eigenvalue weighted by Gasteiger charge is 2.42. The molecule has 4 rings (SSSR count). The number of nitrogens with two attached hydrogens (primary N) is 1. The minimum atomic E-state index is -4.63. The maximum atomic E-state index is 13.6. The van der Waals surface area contributed by atoms with Crippen LogP contribution in [0.2, 0.25) is 0 Å². The minimum absolute atomic E-state index is 0.177. The molecule has 0 spiro atoms. The van der Waals surface area contributed by atoms with Crippen molar-refractivity contribution < 1.29 is 22.7 Å². The highest BCUT2D eigenvalue weighted by molar-refractivity contribution is 6.00. The molecule has 1 saturated heterocycles. The lowest BCUT2D eigenvalue weighted by Gasteiger charge is -2.42. The molecule has 1 aromatic carbocycles. The Kier molecular flexibility index (Phi) is 4.92. The first-order valence-corrected chi connectivity index (χ1v) is 9.82. The highest BCUT2D eigenvalue weighted by Crippen LogP contribution is 2.39. The molecule has 7 nitrogen and oxygen atoms in total. The topological polar surface area (TPSA) is 85.8 Å². The molecule has 2 aromatic heterocycles. The summed E-state index contributed by atoms with van der Waals surface area (Å²) in [6.45, 7) is 5.73. The van der Waals surface area contributed by atoms with Crippen LogP contribution in [-0.4, -0.2) is 38.8 Å². The van der Waals surface area contributed by atoms with Crippen LogP contribution < -0.4 is 10.6 Å². The zero-order valence-electron chi connectivity index (χ0n) is 17.3. The lowest BCUT2D eigenvalue weighted by Crippen LogP contribution is -2.58. The summed E-state index contributed by atoms with van der Waals surface area (Å²) in [5.41, 5.74) is 4.78. The molecule has 0 bridgehead atoms. The van der Waals surface area contributed by atoms with E-state index in [0.29, 0.717) is 24.3 Å². The van der Waals surface area contributed by atoms with Crippen LogP contribution in [0.3, 0.4) is 0 Å². The minimum Gasteiger partial charge on any atom is -0.382 e. The SMILES string of the molecule is CC[C@@H]1COC(C)(C)C(=O)N1c1cccc(-c2cc(C(F)(F)F)c3c(N)ncnn23)c1. The monoisotopic (exact) mass is 433 g/mol. The molecule has 1 aliphatic rings. The molecule has 1 amide bonds. The fourth-order valence-corrected chi connectivity index (χ4v) is 3.83. The van der Waals surface area contributed by atoms with E-state index in [-0.39, 0.29) is 29.0 Å². The highest BCUT2D eigenvalue weighted by atomic mass is 19.4. The number of morpholine rings is 1. The second kappa shape index (κ2) is 7.23. The molecule has 1 fully saturated rings. The number of nitrogens with zero attached hydrogens (tertiary/aromatic N) is 4. The third-order valence-corrected chi connectivity index (χ3v) is 5.52. The van der Waals surface area contributed by atoms with E-state index in [2.05, 4.69) is 10.1 Å². The number of halogens is 3. The molecule has 1 aliphatic heterocycles. The second-order valence-corrected chi connectivity index (χ2v) is 7.96. The second-order valence-electron chi connectivity index (χ2n) is 7.96. The van der Waals surface area contributed by atoms with Crippen molar-refractivity contribution in [1.29, 1.82) is 0 Å². The number of aromatic nitrogens is 3. The summed E-state index contributed by atoms with van der Waals surface area (Å²) in [6.07, 6.45) is -2.85. The maximum Gasteiger partial charge on any atom is 0.418 e. The summed E-state index contributed by atoms with van der Waals surface area (Å²) in [4.78, 5) is 18.4. The molecule has 164 valence electrons.